The van der Waals surface area contributed by atoms with Gasteiger partial charge in [-0.2, -0.15) is 20.7 Å². The van der Waals surface area contributed by atoms with Gasteiger partial charge in [-0.3, -0.25) is 19.0 Å². The lowest BCUT2D eigenvalue weighted by Crippen LogP contribution is -2.21. The van der Waals surface area contributed by atoms with Crippen LogP contribution in [0.4, 0.5) is 28.7 Å². The second kappa shape index (κ2) is 15.8. The molecule has 1 saturated heterocycles. The summed E-state index contributed by atoms with van der Waals surface area (Å²) in [5.41, 5.74) is 8.17. The zero-order valence-electron chi connectivity index (χ0n) is 27.1. The molecular formula is C35H40N10O3. The van der Waals surface area contributed by atoms with Gasteiger partial charge in [0.25, 0.3) is 11.8 Å². The summed E-state index contributed by atoms with van der Waals surface area (Å²) >= 11 is 0. The first-order valence-electron chi connectivity index (χ1n) is 16.1. The van der Waals surface area contributed by atoms with Crippen molar-refractivity contribution in [1.29, 1.82) is 10.5 Å². The van der Waals surface area contributed by atoms with Crippen molar-refractivity contribution < 1.29 is 14.3 Å². The molecule has 2 amide bonds. The molecule has 1 aliphatic rings. The van der Waals surface area contributed by atoms with E-state index in [4.69, 9.17) is 10.5 Å². The molecular weight excluding hydrogens is 608 g/mol. The van der Waals surface area contributed by atoms with Crippen LogP contribution in [-0.2, 0) is 4.74 Å². The molecule has 3 heterocycles. The number of ether oxygens (including phenoxy) is 1. The average Bonchev–Trinajstić information content (AvgIpc) is 3.70. The largest absolute Gasteiger partial charge is 0.381 e. The predicted molar refractivity (Wildman–Crippen MR) is 182 cm³/mol. The smallest absolute Gasteiger partial charge is 0.261 e. The number of nitriles is 2. The van der Waals surface area contributed by atoms with E-state index in [2.05, 4.69) is 38.3 Å². The van der Waals surface area contributed by atoms with Gasteiger partial charge in [-0.05, 0) is 67.5 Å². The molecule has 5 N–H and O–H groups in total. The number of anilines is 5. The summed E-state index contributed by atoms with van der Waals surface area (Å²) in [7, 11) is 0. The fourth-order valence-electron chi connectivity index (χ4n) is 5.79. The molecule has 1 fully saturated rings. The number of hydrogen-bond acceptors (Lipinski definition) is 9. The first-order chi connectivity index (χ1) is 23.2. The van der Waals surface area contributed by atoms with E-state index in [1.807, 2.05) is 44.2 Å². The summed E-state index contributed by atoms with van der Waals surface area (Å²) in [6.07, 6.45) is 6.37. The summed E-state index contributed by atoms with van der Waals surface area (Å²) in [6.45, 7) is 5.43. The van der Waals surface area contributed by atoms with Crippen molar-refractivity contribution in [2.75, 3.05) is 29.2 Å². The summed E-state index contributed by atoms with van der Waals surface area (Å²) in [6, 6.07) is 20.4. The molecule has 0 spiro atoms. The third-order valence-electron chi connectivity index (χ3n) is 8.47. The predicted octanol–water partition coefficient (Wildman–Crippen LogP) is 6.30. The number of nitrogens with zero attached hydrogens (tertiary/aromatic N) is 6. The van der Waals surface area contributed by atoms with Crippen molar-refractivity contribution in [2.24, 2.45) is 17.6 Å². The Morgan fingerprint density at radius 3 is 2.08 bits per heavy atom. The molecule has 1 aliphatic heterocycles. The molecule has 0 radical (unpaired) electrons. The minimum atomic E-state index is -0.635. The Morgan fingerprint density at radius 1 is 0.875 bits per heavy atom. The number of nitrogens with one attached hydrogen (secondary N) is 3. The van der Waals surface area contributed by atoms with E-state index in [0.29, 0.717) is 41.9 Å². The fourth-order valence-corrected chi connectivity index (χ4v) is 5.79. The van der Waals surface area contributed by atoms with Gasteiger partial charge in [0.1, 0.15) is 11.1 Å². The average molecular weight is 649 g/mol. The zero-order chi connectivity index (χ0) is 34.0. The van der Waals surface area contributed by atoms with E-state index in [-0.39, 0.29) is 48.1 Å². The van der Waals surface area contributed by atoms with Gasteiger partial charge in [0.05, 0.1) is 37.1 Å². The summed E-state index contributed by atoms with van der Waals surface area (Å²) in [5.74, 6) is 0.186. The molecule has 0 saturated carbocycles. The van der Waals surface area contributed by atoms with E-state index < -0.39 is 5.91 Å². The Labute approximate surface area is 279 Å². The highest BCUT2D eigenvalue weighted by Gasteiger charge is 2.25. The van der Waals surface area contributed by atoms with Gasteiger partial charge in [-0.15, -0.1) is 0 Å². The van der Waals surface area contributed by atoms with Crippen LogP contribution in [0.5, 0.6) is 0 Å². The highest BCUT2D eigenvalue weighted by molar-refractivity contribution is 6.08. The summed E-state index contributed by atoms with van der Waals surface area (Å²) < 4.78 is 8.82. The number of aromatic nitrogens is 4. The van der Waals surface area contributed by atoms with Crippen molar-refractivity contribution in [2.45, 2.75) is 58.0 Å². The fraction of sp³-hybridized carbons (Fsp3) is 0.371. The number of amides is 2. The molecule has 2 atom stereocenters. The Hall–Kier alpha value is -5.66. The van der Waals surface area contributed by atoms with Crippen molar-refractivity contribution in [3.63, 3.8) is 0 Å². The van der Waals surface area contributed by atoms with E-state index in [1.165, 1.54) is 0 Å². The van der Waals surface area contributed by atoms with Gasteiger partial charge in [0.15, 0.2) is 11.6 Å². The zero-order valence-corrected chi connectivity index (χ0v) is 27.1. The molecule has 4 aromatic rings. The normalized spacial score (nSPS) is 14.4. The maximum atomic E-state index is 13.6. The minimum Gasteiger partial charge on any atom is -0.381 e. The minimum absolute atomic E-state index is 0.121. The van der Waals surface area contributed by atoms with E-state index in [0.717, 1.165) is 24.9 Å². The monoisotopic (exact) mass is 648 g/mol. The Bertz CT molecular complexity index is 1780. The van der Waals surface area contributed by atoms with Crippen LogP contribution in [0.15, 0.2) is 67.0 Å². The number of carbonyl (C=O) groups excluding carboxylic acids is 2. The van der Waals surface area contributed by atoms with Crippen LogP contribution in [0.2, 0.25) is 0 Å². The number of rotatable bonds is 14. The van der Waals surface area contributed by atoms with Gasteiger partial charge in [0, 0.05) is 42.7 Å². The Kier molecular flexibility index (Phi) is 11.1. The highest BCUT2D eigenvalue weighted by atomic mass is 16.5. The molecule has 13 nitrogen and oxygen atoms in total. The number of primary amides is 1. The number of nitrogens with two attached hydrogens (primary N) is 1. The lowest BCUT2D eigenvalue weighted by Gasteiger charge is -2.25. The Balaban J connectivity index is 1.32. The van der Waals surface area contributed by atoms with Crippen LogP contribution in [-0.4, -0.2) is 44.6 Å². The lowest BCUT2D eigenvalue weighted by atomic mass is 9.91. The van der Waals surface area contributed by atoms with Gasteiger partial charge in [0.2, 0.25) is 0 Å². The molecule has 0 aliphatic carbocycles. The lowest BCUT2D eigenvalue weighted by molar-refractivity contribution is 0.0587. The molecule has 5 rings (SSSR count). The number of hydrogen-bond donors (Lipinski definition) is 4. The third kappa shape index (κ3) is 8.37. The van der Waals surface area contributed by atoms with Crippen molar-refractivity contribution in [1.82, 2.24) is 19.6 Å². The molecule has 48 heavy (non-hydrogen) atoms. The van der Waals surface area contributed by atoms with Crippen LogP contribution in [0.3, 0.4) is 0 Å². The number of carbonyl (C=O) groups is 2. The standard InChI is InChI=1S/C35H40N10O3/c1-23(2)31(13-17-37)45-22-30(34(43-45)39-25-6-4-3-5-7-25)35(47)41-27-10-8-26(9-11-27)40-33-29(32(38)46)21-44(42-33)28(12-16-36)20-24-14-18-48-19-15-24/h3-11,21-24,28,31H,12-15,18-20H2,1-2H3,(H2,38,46)(H,39,43)(H,40,42)(H,41,47). The van der Waals surface area contributed by atoms with Gasteiger partial charge in [-0.1, -0.05) is 32.0 Å². The third-order valence-corrected chi connectivity index (χ3v) is 8.47. The molecule has 0 bridgehead atoms. The molecule has 248 valence electrons. The van der Waals surface area contributed by atoms with Crippen LogP contribution in [0.1, 0.15) is 78.8 Å². The summed E-state index contributed by atoms with van der Waals surface area (Å²) in [5, 5.41) is 37.5. The highest BCUT2D eigenvalue weighted by Crippen LogP contribution is 2.31. The van der Waals surface area contributed by atoms with E-state index in [1.54, 1.807) is 46.0 Å². The topological polar surface area (TPSA) is 189 Å². The SMILES string of the molecule is CC(C)C(CC#N)n1cc(C(=O)Nc2ccc(Nc3nn(C(CC#N)CC4CCOCC4)cc3C(N)=O)cc2)c(Nc2ccccc2)n1. The van der Waals surface area contributed by atoms with Gasteiger partial charge < -0.3 is 26.4 Å². The van der Waals surface area contributed by atoms with Crippen LogP contribution < -0.4 is 21.7 Å². The van der Waals surface area contributed by atoms with Crippen LogP contribution >= 0.6 is 0 Å². The first-order valence-corrected chi connectivity index (χ1v) is 16.1. The van der Waals surface area contributed by atoms with Crippen LogP contribution in [0, 0.1) is 34.5 Å². The maximum Gasteiger partial charge on any atom is 0.261 e. The molecule has 2 aromatic carbocycles. The maximum absolute atomic E-state index is 13.6. The number of para-hydroxylation sites is 1. The van der Waals surface area contributed by atoms with Gasteiger partial charge in [-0.25, -0.2) is 0 Å². The van der Waals surface area contributed by atoms with Crippen LogP contribution in [0.25, 0.3) is 0 Å². The summed E-state index contributed by atoms with van der Waals surface area (Å²) in [4.78, 5) is 25.9. The number of benzene rings is 2. The molecule has 2 unspecified atom stereocenters. The van der Waals surface area contributed by atoms with E-state index in [9.17, 15) is 20.1 Å². The van der Waals surface area contributed by atoms with E-state index >= 15 is 0 Å². The molecule has 2 aromatic heterocycles. The molecule has 13 heteroatoms. The van der Waals surface area contributed by atoms with Crippen molar-refractivity contribution >= 4 is 40.5 Å². The second-order valence-corrected chi connectivity index (χ2v) is 12.2. The quantitative estimate of drug-likeness (QED) is 0.122. The first kappa shape index (κ1) is 33.7. The van der Waals surface area contributed by atoms with Gasteiger partial charge >= 0.3 is 0 Å². The van der Waals surface area contributed by atoms with Crippen molar-refractivity contribution in [3.05, 3.63) is 78.1 Å². The van der Waals surface area contributed by atoms with Crippen molar-refractivity contribution in [3.8, 4) is 12.1 Å². The second-order valence-electron chi connectivity index (χ2n) is 12.2. The Morgan fingerprint density at radius 2 is 1.46 bits per heavy atom.